The molecule has 26 heavy (non-hydrogen) atoms. The molecule has 0 bridgehead atoms. The fraction of sp³-hybridized carbons (Fsp3) is 0.222. The van der Waals surface area contributed by atoms with Crippen LogP contribution in [0, 0.1) is 0 Å². The van der Waals surface area contributed by atoms with E-state index in [1.54, 1.807) is 36.4 Å². The molecule has 5 nitrogen and oxygen atoms in total. The number of amides is 2. The van der Waals surface area contributed by atoms with Crippen molar-refractivity contribution in [1.82, 2.24) is 0 Å². The van der Waals surface area contributed by atoms with Gasteiger partial charge in [-0.1, -0.05) is 39.1 Å². The van der Waals surface area contributed by atoms with E-state index in [-0.39, 0.29) is 18.2 Å². The Morgan fingerprint density at radius 3 is 2.54 bits per heavy atom. The molecule has 0 heterocycles. The lowest BCUT2D eigenvalue weighted by molar-refractivity contribution is -0.116. The summed E-state index contributed by atoms with van der Waals surface area (Å²) in [6.07, 6.45) is 0.769. The van der Waals surface area contributed by atoms with Gasteiger partial charge in [-0.05, 0) is 42.8 Å². The maximum atomic E-state index is 12.1. The molecule has 138 valence electrons. The highest BCUT2D eigenvalue weighted by Gasteiger charge is 2.09. The van der Waals surface area contributed by atoms with E-state index in [4.69, 9.17) is 27.9 Å². The van der Waals surface area contributed by atoms with Crippen LogP contribution in [0.4, 0.5) is 11.4 Å². The van der Waals surface area contributed by atoms with Crippen LogP contribution in [0.2, 0.25) is 10.0 Å². The molecule has 2 N–H and O–H groups in total. The maximum absolute atomic E-state index is 12.1. The summed E-state index contributed by atoms with van der Waals surface area (Å²) in [6.45, 7) is 1.75. The summed E-state index contributed by atoms with van der Waals surface area (Å²) in [6, 6.07) is 10.2. The predicted octanol–water partition coefficient (Wildman–Crippen LogP) is 5.51. The lowest BCUT2D eigenvalue weighted by Crippen LogP contribution is -2.15. The molecule has 0 radical (unpaired) electrons. The summed E-state index contributed by atoms with van der Waals surface area (Å²) in [7, 11) is 0. The summed E-state index contributed by atoms with van der Waals surface area (Å²) in [5, 5.41) is 6.43. The van der Waals surface area contributed by atoms with Gasteiger partial charge in [-0.3, -0.25) is 9.59 Å². The van der Waals surface area contributed by atoms with Crippen LogP contribution in [0.25, 0.3) is 0 Å². The normalized spacial score (nSPS) is 10.3. The van der Waals surface area contributed by atoms with E-state index < -0.39 is 0 Å². The van der Waals surface area contributed by atoms with E-state index in [1.165, 1.54) is 6.92 Å². The second-order valence-electron chi connectivity index (χ2n) is 5.45. The second kappa shape index (κ2) is 9.80. The van der Waals surface area contributed by atoms with Gasteiger partial charge in [0.25, 0.3) is 0 Å². The molecular weight excluding hydrogens is 443 g/mol. The molecule has 0 saturated heterocycles. The first-order valence-corrected chi connectivity index (χ1v) is 9.35. The lowest BCUT2D eigenvalue weighted by atomic mass is 10.2. The van der Waals surface area contributed by atoms with Crippen LogP contribution in [-0.2, 0) is 9.59 Å². The third kappa shape index (κ3) is 6.52. The van der Waals surface area contributed by atoms with E-state index in [9.17, 15) is 9.59 Å². The Labute approximate surface area is 170 Å². The molecule has 0 aliphatic heterocycles. The van der Waals surface area contributed by atoms with Gasteiger partial charge in [0.2, 0.25) is 11.8 Å². The van der Waals surface area contributed by atoms with E-state index in [2.05, 4.69) is 26.6 Å². The average molecular weight is 460 g/mol. The van der Waals surface area contributed by atoms with Crippen molar-refractivity contribution in [3.8, 4) is 5.75 Å². The lowest BCUT2D eigenvalue weighted by Gasteiger charge is -2.12. The Balaban J connectivity index is 1.85. The molecule has 2 amide bonds. The van der Waals surface area contributed by atoms with Crippen molar-refractivity contribution >= 4 is 62.3 Å². The molecule has 8 heteroatoms. The zero-order chi connectivity index (χ0) is 19.1. The smallest absolute Gasteiger partial charge is 0.224 e. The van der Waals surface area contributed by atoms with Crippen LogP contribution in [0.3, 0.4) is 0 Å². The van der Waals surface area contributed by atoms with Crippen molar-refractivity contribution in [2.24, 2.45) is 0 Å². The van der Waals surface area contributed by atoms with Gasteiger partial charge in [-0.25, -0.2) is 0 Å². The standard InChI is InChI=1S/C18H17BrCl2N2O3/c1-11(24)22-15-6-4-12(19)9-16(15)23-18(25)3-2-8-26-17-7-5-13(20)10-14(17)21/h4-7,9-10H,2-3,8H2,1H3,(H,22,24)(H,23,25). The Morgan fingerprint density at radius 2 is 1.85 bits per heavy atom. The van der Waals surface area contributed by atoms with Gasteiger partial charge in [0.05, 0.1) is 23.0 Å². The first-order chi connectivity index (χ1) is 12.3. The van der Waals surface area contributed by atoms with Gasteiger partial charge in [0, 0.05) is 22.8 Å². The summed E-state index contributed by atoms with van der Waals surface area (Å²) in [5.74, 6) is 0.132. The van der Waals surface area contributed by atoms with E-state index in [1.807, 2.05) is 0 Å². The largest absolute Gasteiger partial charge is 0.492 e. The summed E-state index contributed by atoms with van der Waals surface area (Å²) in [4.78, 5) is 23.4. The number of ether oxygens (including phenoxy) is 1. The molecule has 0 aliphatic carbocycles. The Hall–Kier alpha value is -1.76. The van der Waals surface area contributed by atoms with Crippen LogP contribution in [0.1, 0.15) is 19.8 Å². The van der Waals surface area contributed by atoms with Gasteiger partial charge in [0.15, 0.2) is 0 Å². The quantitative estimate of drug-likeness (QED) is 0.536. The van der Waals surface area contributed by atoms with Crippen LogP contribution < -0.4 is 15.4 Å². The number of benzene rings is 2. The summed E-state index contributed by atoms with van der Waals surface area (Å²) >= 11 is 15.2. The van der Waals surface area contributed by atoms with Gasteiger partial charge in [-0.15, -0.1) is 0 Å². The first-order valence-electron chi connectivity index (χ1n) is 7.80. The monoisotopic (exact) mass is 458 g/mol. The number of hydrogen-bond donors (Lipinski definition) is 2. The van der Waals surface area contributed by atoms with Crippen LogP contribution in [-0.4, -0.2) is 18.4 Å². The van der Waals surface area contributed by atoms with Gasteiger partial charge < -0.3 is 15.4 Å². The van der Waals surface area contributed by atoms with E-state index in [0.29, 0.717) is 40.2 Å². The SMILES string of the molecule is CC(=O)Nc1ccc(Br)cc1NC(=O)CCCOc1ccc(Cl)cc1Cl. The minimum absolute atomic E-state index is 0.180. The van der Waals surface area contributed by atoms with E-state index >= 15 is 0 Å². The number of carbonyl (C=O) groups excluding carboxylic acids is 2. The number of carbonyl (C=O) groups is 2. The number of nitrogens with one attached hydrogen (secondary N) is 2. The molecule has 0 unspecified atom stereocenters. The predicted molar refractivity (Wildman–Crippen MR) is 108 cm³/mol. The van der Waals surface area contributed by atoms with E-state index in [0.717, 1.165) is 4.47 Å². The Bertz CT molecular complexity index is 815. The third-order valence-corrected chi connectivity index (χ3v) is 4.29. The molecule has 2 aromatic rings. The number of rotatable bonds is 7. The molecule has 0 fully saturated rings. The van der Waals surface area contributed by atoms with Gasteiger partial charge in [-0.2, -0.15) is 0 Å². The minimum atomic E-state index is -0.212. The fourth-order valence-electron chi connectivity index (χ4n) is 2.14. The molecule has 0 saturated carbocycles. The molecule has 0 spiro atoms. The van der Waals surface area contributed by atoms with Crippen molar-refractivity contribution in [3.05, 3.63) is 50.9 Å². The molecule has 2 aromatic carbocycles. The van der Waals surface area contributed by atoms with Crippen LogP contribution in [0.5, 0.6) is 5.75 Å². The first kappa shape index (κ1) is 20.6. The summed E-state index contributed by atoms with van der Waals surface area (Å²) < 4.78 is 6.35. The summed E-state index contributed by atoms with van der Waals surface area (Å²) in [5.41, 5.74) is 1.07. The second-order valence-corrected chi connectivity index (χ2v) is 7.21. The molecule has 0 aliphatic rings. The number of anilines is 2. The Kier molecular flexibility index (Phi) is 7.75. The number of hydrogen-bond acceptors (Lipinski definition) is 3. The highest BCUT2D eigenvalue weighted by atomic mass is 79.9. The number of halogens is 3. The fourth-order valence-corrected chi connectivity index (χ4v) is 2.96. The maximum Gasteiger partial charge on any atom is 0.224 e. The van der Waals surface area contributed by atoms with Crippen molar-refractivity contribution in [1.29, 1.82) is 0 Å². The highest BCUT2D eigenvalue weighted by Crippen LogP contribution is 2.28. The van der Waals surface area contributed by atoms with Crippen molar-refractivity contribution < 1.29 is 14.3 Å². The van der Waals surface area contributed by atoms with Crippen LogP contribution in [0.15, 0.2) is 40.9 Å². The third-order valence-electron chi connectivity index (χ3n) is 3.27. The molecular formula is C18H17BrCl2N2O3. The van der Waals surface area contributed by atoms with Gasteiger partial charge >= 0.3 is 0 Å². The molecule has 0 atom stereocenters. The minimum Gasteiger partial charge on any atom is -0.492 e. The topological polar surface area (TPSA) is 67.4 Å². The molecule has 2 rings (SSSR count). The average Bonchev–Trinajstić information content (AvgIpc) is 2.55. The highest BCUT2D eigenvalue weighted by molar-refractivity contribution is 9.10. The van der Waals surface area contributed by atoms with Crippen molar-refractivity contribution in [3.63, 3.8) is 0 Å². The van der Waals surface area contributed by atoms with Crippen LogP contribution >= 0.6 is 39.1 Å². The van der Waals surface area contributed by atoms with Crippen molar-refractivity contribution in [2.45, 2.75) is 19.8 Å². The van der Waals surface area contributed by atoms with Gasteiger partial charge in [0.1, 0.15) is 5.75 Å². The zero-order valence-electron chi connectivity index (χ0n) is 13.9. The van der Waals surface area contributed by atoms with Crippen molar-refractivity contribution in [2.75, 3.05) is 17.2 Å². The molecule has 0 aromatic heterocycles. The zero-order valence-corrected chi connectivity index (χ0v) is 17.0. The Morgan fingerprint density at radius 1 is 1.08 bits per heavy atom.